The molecule has 0 fully saturated rings. The summed E-state index contributed by atoms with van der Waals surface area (Å²) in [5, 5.41) is 5.99. The fourth-order valence-electron chi connectivity index (χ4n) is 2.91. The maximum absolute atomic E-state index is 12.6. The summed E-state index contributed by atoms with van der Waals surface area (Å²) in [6.07, 6.45) is 1.72. The van der Waals surface area contributed by atoms with Crippen LogP contribution >= 0.6 is 11.3 Å². The lowest BCUT2D eigenvalue weighted by Gasteiger charge is -2.17. The molecular weight excluding hydrogens is 406 g/mol. The number of aryl methyl sites for hydroxylation is 1. The van der Waals surface area contributed by atoms with Crippen LogP contribution in [-0.4, -0.2) is 19.7 Å². The van der Waals surface area contributed by atoms with Crippen molar-refractivity contribution < 1.29 is 13.6 Å². The Labute approximate surface area is 176 Å². The van der Waals surface area contributed by atoms with E-state index in [1.807, 2.05) is 54.8 Å². The van der Waals surface area contributed by atoms with Crippen molar-refractivity contribution in [1.29, 1.82) is 0 Å². The predicted octanol–water partition coefficient (Wildman–Crippen LogP) is 3.55. The zero-order valence-corrected chi connectivity index (χ0v) is 17.6. The first-order chi connectivity index (χ1) is 14.0. The Hall–Kier alpha value is -2.55. The molecule has 0 spiro atoms. The molecule has 0 saturated heterocycles. The molecule has 2 aromatic carbocycles. The number of thiazole rings is 1. The van der Waals surface area contributed by atoms with Crippen LogP contribution < -0.4 is 10.0 Å². The standard InChI is InChI=1S/C21H23N3O3S2/c1-2-17-14-28-21(22-17)19(23-20(25)13-15-6-4-3-5-7-15)12-16-8-10-18(11-9-16)24-29(26)27/h3-11,14,19,24H,2,12-13H2,1H3,(H,23,25)(H,26,27)/p-1/t19-/m0/s1. The van der Waals surface area contributed by atoms with Gasteiger partial charge in [0.2, 0.25) is 5.91 Å². The first-order valence-electron chi connectivity index (χ1n) is 9.26. The molecule has 3 aromatic rings. The van der Waals surface area contributed by atoms with E-state index in [-0.39, 0.29) is 11.9 Å². The Balaban J connectivity index is 1.74. The Morgan fingerprint density at radius 3 is 2.48 bits per heavy atom. The summed E-state index contributed by atoms with van der Waals surface area (Å²) in [5.74, 6) is -0.0607. The van der Waals surface area contributed by atoms with Crippen LogP contribution in [0.25, 0.3) is 0 Å². The topological polar surface area (TPSA) is 94.1 Å². The molecule has 0 aliphatic heterocycles. The molecule has 1 amide bonds. The molecule has 0 bridgehead atoms. The minimum atomic E-state index is -2.35. The Bertz CT molecular complexity index is 959. The quantitative estimate of drug-likeness (QED) is 0.510. The normalized spacial score (nSPS) is 12.9. The molecule has 1 unspecified atom stereocenters. The SMILES string of the molecule is CCc1csc([C@H](Cc2ccc(NS(=O)[O-])cc2)NC(=O)Cc2ccccc2)n1. The number of hydrogen-bond acceptors (Lipinski definition) is 5. The Morgan fingerprint density at radius 2 is 1.86 bits per heavy atom. The third-order valence-corrected chi connectivity index (χ3v) is 5.78. The number of nitrogens with one attached hydrogen (secondary N) is 2. The monoisotopic (exact) mass is 428 g/mol. The summed E-state index contributed by atoms with van der Waals surface area (Å²) in [4.78, 5) is 17.3. The first-order valence-corrected chi connectivity index (χ1v) is 11.2. The van der Waals surface area contributed by atoms with Gasteiger partial charge in [0.1, 0.15) is 5.01 Å². The lowest BCUT2D eigenvalue weighted by atomic mass is 10.0. The van der Waals surface area contributed by atoms with Gasteiger partial charge in [-0.3, -0.25) is 9.00 Å². The molecule has 1 heterocycles. The molecule has 0 radical (unpaired) electrons. The van der Waals surface area contributed by atoms with E-state index in [9.17, 15) is 13.6 Å². The van der Waals surface area contributed by atoms with Crippen molar-refractivity contribution in [2.75, 3.05) is 4.72 Å². The fraction of sp³-hybridized carbons (Fsp3) is 0.238. The lowest BCUT2D eigenvalue weighted by molar-refractivity contribution is -0.121. The van der Waals surface area contributed by atoms with Crippen LogP contribution in [0.15, 0.2) is 60.0 Å². The number of carbonyl (C=O) groups is 1. The van der Waals surface area contributed by atoms with Gasteiger partial charge in [0.15, 0.2) is 0 Å². The summed E-state index contributed by atoms with van der Waals surface area (Å²) in [6, 6.07) is 16.5. The van der Waals surface area contributed by atoms with Crippen LogP contribution in [0, 0.1) is 0 Å². The highest BCUT2D eigenvalue weighted by Gasteiger charge is 2.19. The van der Waals surface area contributed by atoms with Crippen LogP contribution in [0.2, 0.25) is 0 Å². The van der Waals surface area contributed by atoms with Crippen molar-refractivity contribution in [2.45, 2.75) is 32.2 Å². The number of hydrogen-bond donors (Lipinski definition) is 2. The van der Waals surface area contributed by atoms with E-state index < -0.39 is 11.3 Å². The molecule has 1 aromatic heterocycles. The first kappa shape index (κ1) is 21.2. The second kappa shape index (κ2) is 10.3. The number of amides is 1. The molecule has 6 nitrogen and oxygen atoms in total. The number of aromatic nitrogens is 1. The van der Waals surface area contributed by atoms with Crippen LogP contribution in [0.3, 0.4) is 0 Å². The van der Waals surface area contributed by atoms with Crippen molar-refractivity contribution in [3.8, 4) is 0 Å². The second-order valence-electron chi connectivity index (χ2n) is 6.55. The maximum atomic E-state index is 12.6. The van der Waals surface area contributed by atoms with Gasteiger partial charge >= 0.3 is 0 Å². The van der Waals surface area contributed by atoms with E-state index in [0.717, 1.165) is 28.2 Å². The van der Waals surface area contributed by atoms with E-state index in [4.69, 9.17) is 0 Å². The molecule has 152 valence electrons. The van der Waals surface area contributed by atoms with Gasteiger partial charge in [-0.2, -0.15) is 0 Å². The zero-order valence-electron chi connectivity index (χ0n) is 16.0. The smallest absolute Gasteiger partial charge is 0.224 e. The molecule has 8 heteroatoms. The highest BCUT2D eigenvalue weighted by atomic mass is 32.2. The van der Waals surface area contributed by atoms with E-state index in [1.54, 1.807) is 23.5 Å². The van der Waals surface area contributed by atoms with Crippen molar-refractivity contribution in [1.82, 2.24) is 10.3 Å². The molecule has 0 aliphatic rings. The van der Waals surface area contributed by atoms with Crippen LogP contribution in [-0.2, 0) is 35.3 Å². The van der Waals surface area contributed by atoms with E-state index >= 15 is 0 Å². The Morgan fingerprint density at radius 1 is 1.14 bits per heavy atom. The summed E-state index contributed by atoms with van der Waals surface area (Å²) in [6.45, 7) is 2.05. The van der Waals surface area contributed by atoms with Gasteiger partial charge < -0.3 is 14.6 Å². The van der Waals surface area contributed by atoms with E-state index in [0.29, 0.717) is 18.5 Å². The molecule has 29 heavy (non-hydrogen) atoms. The molecule has 3 rings (SSSR count). The van der Waals surface area contributed by atoms with Crippen molar-refractivity contribution in [3.63, 3.8) is 0 Å². The van der Waals surface area contributed by atoms with Gasteiger partial charge in [0.25, 0.3) is 0 Å². The molecular formula is C21H22N3O3S2-. The van der Waals surface area contributed by atoms with Crippen LogP contribution in [0.5, 0.6) is 0 Å². The molecule has 2 N–H and O–H groups in total. The second-order valence-corrected chi connectivity index (χ2v) is 8.11. The van der Waals surface area contributed by atoms with E-state index in [2.05, 4.69) is 15.0 Å². The number of anilines is 1. The minimum Gasteiger partial charge on any atom is -0.755 e. The van der Waals surface area contributed by atoms with Gasteiger partial charge in [0, 0.05) is 22.3 Å². The van der Waals surface area contributed by atoms with Gasteiger partial charge in [0.05, 0.1) is 18.2 Å². The molecule has 0 aliphatic carbocycles. The third-order valence-electron chi connectivity index (χ3n) is 4.37. The number of carbonyl (C=O) groups excluding carboxylic acids is 1. The summed E-state index contributed by atoms with van der Waals surface area (Å²) in [5.41, 5.74) is 3.43. The number of benzene rings is 2. The van der Waals surface area contributed by atoms with Crippen LogP contribution in [0.1, 0.15) is 34.8 Å². The van der Waals surface area contributed by atoms with Crippen molar-refractivity contribution in [3.05, 3.63) is 81.8 Å². The average Bonchev–Trinajstić information content (AvgIpc) is 3.18. The molecule has 2 atom stereocenters. The average molecular weight is 429 g/mol. The van der Waals surface area contributed by atoms with Gasteiger partial charge in [-0.05, 0) is 36.1 Å². The maximum Gasteiger partial charge on any atom is 0.224 e. The highest BCUT2D eigenvalue weighted by Crippen LogP contribution is 2.24. The zero-order chi connectivity index (χ0) is 20.6. The molecule has 0 saturated carbocycles. The highest BCUT2D eigenvalue weighted by molar-refractivity contribution is 7.80. The van der Waals surface area contributed by atoms with Crippen molar-refractivity contribution >= 4 is 34.2 Å². The van der Waals surface area contributed by atoms with Crippen LogP contribution in [0.4, 0.5) is 5.69 Å². The summed E-state index contributed by atoms with van der Waals surface area (Å²) in [7, 11) is 0. The predicted molar refractivity (Wildman–Crippen MR) is 115 cm³/mol. The van der Waals surface area contributed by atoms with Gasteiger partial charge in [-0.25, -0.2) is 4.98 Å². The summed E-state index contributed by atoms with van der Waals surface area (Å²) < 4.78 is 23.8. The number of nitrogens with zero attached hydrogens (tertiary/aromatic N) is 1. The largest absolute Gasteiger partial charge is 0.755 e. The minimum absolute atomic E-state index is 0.0607. The van der Waals surface area contributed by atoms with Gasteiger partial charge in [-0.15, -0.1) is 11.3 Å². The third kappa shape index (κ3) is 6.49. The van der Waals surface area contributed by atoms with E-state index in [1.165, 1.54) is 0 Å². The summed E-state index contributed by atoms with van der Waals surface area (Å²) >= 11 is -0.813. The van der Waals surface area contributed by atoms with Gasteiger partial charge in [-0.1, -0.05) is 49.4 Å². The fourth-order valence-corrected chi connectivity index (χ4v) is 4.19. The Kier molecular flexibility index (Phi) is 7.51. The van der Waals surface area contributed by atoms with Crippen molar-refractivity contribution in [2.24, 2.45) is 0 Å². The number of rotatable bonds is 9. The lowest BCUT2D eigenvalue weighted by Crippen LogP contribution is -2.31.